The van der Waals surface area contributed by atoms with Crippen LogP contribution in [0.2, 0.25) is 0 Å². The first kappa shape index (κ1) is 20.9. The van der Waals surface area contributed by atoms with Crippen molar-refractivity contribution in [1.82, 2.24) is 15.5 Å². The Morgan fingerprint density at radius 2 is 2.00 bits per heavy atom. The molecule has 4 N–H and O–H groups in total. The first-order chi connectivity index (χ1) is 11.5. The Labute approximate surface area is 153 Å². The highest BCUT2D eigenvalue weighted by atomic mass is 35.5. The van der Waals surface area contributed by atoms with Crippen LogP contribution in [0, 0.1) is 0 Å². The molecule has 1 aromatic rings. The van der Waals surface area contributed by atoms with E-state index < -0.39 is 0 Å². The molecule has 8 heteroatoms. The van der Waals surface area contributed by atoms with Crippen LogP contribution in [0.5, 0.6) is 0 Å². The van der Waals surface area contributed by atoms with E-state index >= 15 is 0 Å². The van der Waals surface area contributed by atoms with Crippen LogP contribution in [0.4, 0.5) is 0 Å². The lowest BCUT2D eigenvalue weighted by atomic mass is 10.1. The fourth-order valence-electron chi connectivity index (χ4n) is 2.41. The van der Waals surface area contributed by atoms with Crippen LogP contribution >= 0.6 is 12.4 Å². The molecule has 1 aliphatic rings. The van der Waals surface area contributed by atoms with Gasteiger partial charge in [-0.05, 0) is 31.0 Å². The van der Waals surface area contributed by atoms with Gasteiger partial charge in [0, 0.05) is 37.7 Å². The van der Waals surface area contributed by atoms with Gasteiger partial charge in [-0.25, -0.2) is 0 Å². The van der Waals surface area contributed by atoms with Gasteiger partial charge in [0.15, 0.2) is 0 Å². The topological polar surface area (TPSA) is 105 Å². The number of nitrogens with two attached hydrogens (primary N) is 1. The number of halogens is 1. The molecular weight excluding hydrogens is 344 g/mol. The Bertz CT molecular complexity index is 604. The molecule has 138 valence electrons. The summed E-state index contributed by atoms with van der Waals surface area (Å²) in [6.07, 6.45) is 1.06. The van der Waals surface area contributed by atoms with Crippen molar-refractivity contribution in [3.8, 4) is 0 Å². The maximum atomic E-state index is 12.3. The highest BCUT2D eigenvalue weighted by Gasteiger charge is 2.22. The minimum atomic E-state index is -0.155. The fourth-order valence-corrected chi connectivity index (χ4v) is 2.41. The molecule has 0 radical (unpaired) electrons. The molecule has 1 aromatic carbocycles. The summed E-state index contributed by atoms with van der Waals surface area (Å²) < 4.78 is 0. The van der Waals surface area contributed by atoms with Gasteiger partial charge in [-0.1, -0.05) is 12.1 Å². The van der Waals surface area contributed by atoms with Crippen molar-refractivity contribution in [2.24, 2.45) is 5.73 Å². The second kappa shape index (κ2) is 10.0. The van der Waals surface area contributed by atoms with Crippen LogP contribution in [-0.4, -0.2) is 48.3 Å². The van der Waals surface area contributed by atoms with Gasteiger partial charge in [-0.3, -0.25) is 14.4 Å². The normalized spacial score (nSPS) is 15.0. The largest absolute Gasteiger partial charge is 0.353 e. The summed E-state index contributed by atoms with van der Waals surface area (Å²) >= 11 is 0. The molecule has 1 unspecified atom stereocenters. The number of hydrogen-bond donors (Lipinski definition) is 3. The lowest BCUT2D eigenvalue weighted by Crippen LogP contribution is -2.49. The molecule has 0 aromatic heterocycles. The van der Waals surface area contributed by atoms with Crippen molar-refractivity contribution in [1.29, 1.82) is 0 Å². The molecule has 0 bridgehead atoms. The summed E-state index contributed by atoms with van der Waals surface area (Å²) in [4.78, 5) is 36.9. The number of nitrogens with zero attached hydrogens (tertiary/aromatic N) is 1. The highest BCUT2D eigenvalue weighted by molar-refractivity contribution is 5.97. The van der Waals surface area contributed by atoms with Crippen molar-refractivity contribution >= 4 is 30.1 Å². The van der Waals surface area contributed by atoms with Gasteiger partial charge in [-0.2, -0.15) is 0 Å². The van der Waals surface area contributed by atoms with Crippen LogP contribution in [0.25, 0.3) is 0 Å². The second-order valence-corrected chi connectivity index (χ2v) is 6.07. The monoisotopic (exact) mass is 368 g/mol. The minimum Gasteiger partial charge on any atom is -0.353 e. The molecule has 0 aliphatic carbocycles. The molecule has 0 saturated carbocycles. The number of benzene rings is 1. The SMILES string of the molecule is CC(N)CCC(=O)NCc1ccc(C(=O)N2CCNC(=O)C2)cc1.Cl. The molecule has 1 atom stereocenters. The second-order valence-electron chi connectivity index (χ2n) is 6.07. The molecule has 2 rings (SSSR count). The van der Waals surface area contributed by atoms with Crippen LogP contribution in [-0.2, 0) is 16.1 Å². The first-order valence-electron chi connectivity index (χ1n) is 8.13. The van der Waals surface area contributed by atoms with E-state index in [0.29, 0.717) is 38.0 Å². The van der Waals surface area contributed by atoms with E-state index in [-0.39, 0.29) is 42.7 Å². The zero-order valence-electron chi connectivity index (χ0n) is 14.3. The van der Waals surface area contributed by atoms with Gasteiger partial charge in [0.2, 0.25) is 11.8 Å². The molecule has 1 heterocycles. The Hall–Kier alpha value is -2.12. The van der Waals surface area contributed by atoms with E-state index in [4.69, 9.17) is 5.73 Å². The van der Waals surface area contributed by atoms with E-state index in [2.05, 4.69) is 10.6 Å². The fraction of sp³-hybridized carbons (Fsp3) is 0.471. The molecule has 1 aliphatic heterocycles. The Kier molecular flexibility index (Phi) is 8.37. The Balaban J connectivity index is 0.00000312. The van der Waals surface area contributed by atoms with Crippen molar-refractivity contribution in [2.45, 2.75) is 32.4 Å². The number of carbonyl (C=O) groups is 3. The summed E-state index contributed by atoms with van der Waals surface area (Å²) in [5, 5.41) is 5.52. The van der Waals surface area contributed by atoms with Crippen molar-refractivity contribution in [2.75, 3.05) is 19.6 Å². The predicted molar refractivity (Wildman–Crippen MR) is 97.3 cm³/mol. The standard InChI is InChI=1S/C17H24N4O3.ClH/c1-12(18)2-7-15(22)20-10-13-3-5-14(6-4-13)17(24)21-9-8-19-16(23)11-21;/h3-6,12H,2,7-11,18H2,1H3,(H,19,23)(H,20,22);1H. The molecule has 25 heavy (non-hydrogen) atoms. The van der Waals surface area contributed by atoms with Crippen molar-refractivity contribution in [3.05, 3.63) is 35.4 Å². The van der Waals surface area contributed by atoms with Gasteiger partial charge < -0.3 is 21.3 Å². The van der Waals surface area contributed by atoms with Crippen LogP contribution < -0.4 is 16.4 Å². The smallest absolute Gasteiger partial charge is 0.254 e. The van der Waals surface area contributed by atoms with E-state index in [0.717, 1.165) is 5.56 Å². The van der Waals surface area contributed by atoms with Gasteiger partial charge >= 0.3 is 0 Å². The molecule has 1 saturated heterocycles. The summed E-state index contributed by atoms with van der Waals surface area (Å²) in [6.45, 7) is 3.38. The number of nitrogens with one attached hydrogen (secondary N) is 2. The van der Waals surface area contributed by atoms with E-state index in [9.17, 15) is 14.4 Å². The number of hydrogen-bond acceptors (Lipinski definition) is 4. The summed E-state index contributed by atoms with van der Waals surface area (Å²) in [5.74, 6) is -0.329. The van der Waals surface area contributed by atoms with Gasteiger partial charge in [0.25, 0.3) is 5.91 Å². The Morgan fingerprint density at radius 1 is 1.32 bits per heavy atom. The summed E-state index contributed by atoms with van der Waals surface area (Å²) in [6, 6.07) is 7.07. The number of piperazine rings is 1. The minimum absolute atomic E-state index is 0. The number of rotatable bonds is 6. The third kappa shape index (κ3) is 6.72. The first-order valence-corrected chi connectivity index (χ1v) is 8.13. The van der Waals surface area contributed by atoms with Crippen LogP contribution in [0.1, 0.15) is 35.7 Å². The third-order valence-corrected chi connectivity index (χ3v) is 3.84. The average molecular weight is 369 g/mol. The maximum Gasteiger partial charge on any atom is 0.254 e. The van der Waals surface area contributed by atoms with Crippen LogP contribution in [0.15, 0.2) is 24.3 Å². The van der Waals surface area contributed by atoms with Gasteiger partial charge in [-0.15, -0.1) is 12.4 Å². The Morgan fingerprint density at radius 3 is 2.60 bits per heavy atom. The zero-order chi connectivity index (χ0) is 17.5. The van der Waals surface area contributed by atoms with Crippen LogP contribution in [0.3, 0.4) is 0 Å². The van der Waals surface area contributed by atoms with Gasteiger partial charge in [0.05, 0.1) is 6.54 Å². The summed E-state index contributed by atoms with van der Waals surface area (Å²) in [5.41, 5.74) is 7.07. The molecular formula is C17H25ClN4O3. The zero-order valence-corrected chi connectivity index (χ0v) is 15.1. The maximum absolute atomic E-state index is 12.3. The van der Waals surface area contributed by atoms with E-state index in [1.165, 1.54) is 4.90 Å². The lowest BCUT2D eigenvalue weighted by molar-refractivity contribution is -0.123. The lowest BCUT2D eigenvalue weighted by Gasteiger charge is -2.26. The average Bonchev–Trinajstić information content (AvgIpc) is 2.58. The van der Waals surface area contributed by atoms with Crippen molar-refractivity contribution in [3.63, 3.8) is 0 Å². The van der Waals surface area contributed by atoms with E-state index in [1.54, 1.807) is 12.1 Å². The van der Waals surface area contributed by atoms with Gasteiger partial charge in [0.1, 0.15) is 0 Å². The molecule has 3 amide bonds. The number of amides is 3. The third-order valence-electron chi connectivity index (χ3n) is 3.84. The molecule has 0 spiro atoms. The summed E-state index contributed by atoms with van der Waals surface area (Å²) in [7, 11) is 0. The number of carbonyl (C=O) groups excluding carboxylic acids is 3. The predicted octanol–water partition coefficient (Wildman–Crippen LogP) is 0.424. The van der Waals surface area contributed by atoms with E-state index in [1.807, 2.05) is 19.1 Å². The molecule has 1 fully saturated rings. The van der Waals surface area contributed by atoms with Crippen molar-refractivity contribution < 1.29 is 14.4 Å². The molecule has 7 nitrogen and oxygen atoms in total. The quantitative estimate of drug-likeness (QED) is 0.677. The highest BCUT2D eigenvalue weighted by Crippen LogP contribution is 2.09.